The zero-order chi connectivity index (χ0) is 25.2. The van der Waals surface area contributed by atoms with Crippen LogP contribution in [0, 0.1) is 0 Å². The second kappa shape index (κ2) is 12.4. The van der Waals surface area contributed by atoms with E-state index in [2.05, 4.69) is 4.74 Å². The molecule has 0 bridgehead atoms. The fourth-order valence-electron chi connectivity index (χ4n) is 3.30. The van der Waals surface area contributed by atoms with Crippen LogP contribution in [0.3, 0.4) is 0 Å². The number of ketones is 1. The van der Waals surface area contributed by atoms with Gasteiger partial charge < -0.3 is 23.7 Å². The molecule has 3 aromatic rings. The van der Waals surface area contributed by atoms with E-state index in [9.17, 15) is 13.6 Å². The van der Waals surface area contributed by atoms with E-state index in [1.54, 1.807) is 25.3 Å². The second-order valence-corrected chi connectivity index (χ2v) is 7.18. The summed E-state index contributed by atoms with van der Waals surface area (Å²) in [5.74, 6) is 1.47. The minimum Gasteiger partial charge on any atom is -0.496 e. The van der Waals surface area contributed by atoms with Crippen LogP contribution in [-0.2, 0) is 6.61 Å². The summed E-state index contributed by atoms with van der Waals surface area (Å²) in [4.78, 5) is 12.6. The number of carbonyl (C=O) groups excluding carboxylic acids is 1. The van der Waals surface area contributed by atoms with Gasteiger partial charge in [0.2, 0.25) is 0 Å². The molecule has 184 valence electrons. The van der Waals surface area contributed by atoms with Crippen LogP contribution in [-0.4, -0.2) is 33.2 Å². The van der Waals surface area contributed by atoms with E-state index in [-0.39, 0.29) is 29.5 Å². The van der Waals surface area contributed by atoms with Crippen molar-refractivity contribution < 1.29 is 37.3 Å². The molecule has 0 saturated carbocycles. The van der Waals surface area contributed by atoms with Crippen LogP contribution in [0.5, 0.6) is 28.7 Å². The Labute approximate surface area is 202 Å². The zero-order valence-electron chi connectivity index (χ0n) is 19.6. The van der Waals surface area contributed by atoms with Gasteiger partial charge in [-0.25, -0.2) is 0 Å². The van der Waals surface area contributed by atoms with Crippen LogP contribution >= 0.6 is 0 Å². The highest BCUT2D eigenvalue weighted by Gasteiger charge is 2.13. The van der Waals surface area contributed by atoms with Crippen LogP contribution in [0.1, 0.15) is 28.4 Å². The lowest BCUT2D eigenvalue weighted by Crippen LogP contribution is -2.04. The molecule has 3 aromatic carbocycles. The average Bonchev–Trinajstić information content (AvgIpc) is 2.86. The highest BCUT2D eigenvalue weighted by molar-refractivity contribution is 6.07. The fraction of sp³-hybridized carbons (Fsp3) is 0.222. The Morgan fingerprint density at radius 1 is 0.857 bits per heavy atom. The summed E-state index contributed by atoms with van der Waals surface area (Å²) in [5, 5.41) is 0. The van der Waals surface area contributed by atoms with Gasteiger partial charge in [0.05, 0.1) is 20.8 Å². The van der Waals surface area contributed by atoms with Gasteiger partial charge in [-0.3, -0.25) is 4.79 Å². The Balaban J connectivity index is 1.76. The molecule has 0 aliphatic carbocycles. The molecule has 0 spiro atoms. The number of rotatable bonds is 12. The van der Waals surface area contributed by atoms with Crippen LogP contribution in [0.25, 0.3) is 6.08 Å². The van der Waals surface area contributed by atoms with Gasteiger partial charge in [0, 0.05) is 11.1 Å². The van der Waals surface area contributed by atoms with E-state index in [1.807, 2.05) is 37.3 Å². The van der Waals surface area contributed by atoms with Gasteiger partial charge in [-0.05, 0) is 61.0 Å². The van der Waals surface area contributed by atoms with E-state index >= 15 is 0 Å². The van der Waals surface area contributed by atoms with Gasteiger partial charge in [-0.2, -0.15) is 8.78 Å². The fourth-order valence-corrected chi connectivity index (χ4v) is 3.30. The second-order valence-electron chi connectivity index (χ2n) is 7.18. The number of benzene rings is 3. The smallest absolute Gasteiger partial charge is 0.387 e. The van der Waals surface area contributed by atoms with Crippen molar-refractivity contribution in [2.24, 2.45) is 0 Å². The molecular formula is C27H26F2O6. The van der Waals surface area contributed by atoms with Crippen LogP contribution in [0.15, 0.2) is 66.7 Å². The van der Waals surface area contributed by atoms with Crippen molar-refractivity contribution in [1.82, 2.24) is 0 Å². The number of halogens is 2. The SMILES string of the molecule is CCOc1ccccc1OCc1cc(/C=C/C(=O)c2ccc(OC(F)F)c(OC)c2)ccc1OC. The lowest BCUT2D eigenvalue weighted by Gasteiger charge is -2.14. The van der Waals surface area contributed by atoms with E-state index < -0.39 is 6.61 Å². The minimum atomic E-state index is -2.99. The van der Waals surface area contributed by atoms with E-state index in [0.717, 1.165) is 11.1 Å². The summed E-state index contributed by atoms with van der Waals surface area (Å²) >= 11 is 0. The lowest BCUT2D eigenvalue weighted by atomic mass is 10.1. The Morgan fingerprint density at radius 3 is 2.20 bits per heavy atom. The molecule has 3 rings (SSSR count). The molecule has 0 radical (unpaired) electrons. The molecule has 35 heavy (non-hydrogen) atoms. The Hall–Kier alpha value is -4.07. The molecule has 0 heterocycles. The molecule has 0 unspecified atom stereocenters. The molecule has 6 nitrogen and oxygen atoms in total. The average molecular weight is 484 g/mol. The van der Waals surface area contributed by atoms with Crippen LogP contribution in [0.2, 0.25) is 0 Å². The number of ether oxygens (including phenoxy) is 5. The molecule has 0 aliphatic rings. The highest BCUT2D eigenvalue weighted by atomic mass is 19.3. The zero-order valence-corrected chi connectivity index (χ0v) is 19.6. The van der Waals surface area contributed by atoms with Gasteiger partial charge in [0.1, 0.15) is 12.4 Å². The van der Waals surface area contributed by atoms with Crippen molar-refractivity contribution in [2.45, 2.75) is 20.1 Å². The van der Waals surface area contributed by atoms with Crippen LogP contribution in [0.4, 0.5) is 8.78 Å². The number of alkyl halides is 2. The summed E-state index contributed by atoms with van der Waals surface area (Å²) in [7, 11) is 2.88. The number of carbonyl (C=O) groups is 1. The van der Waals surface area contributed by atoms with E-state index in [4.69, 9.17) is 18.9 Å². The first-order chi connectivity index (χ1) is 16.9. The third kappa shape index (κ3) is 6.96. The molecule has 0 saturated heterocycles. The predicted molar refractivity (Wildman–Crippen MR) is 128 cm³/mol. The summed E-state index contributed by atoms with van der Waals surface area (Å²) in [6.07, 6.45) is 3.04. The quantitative estimate of drug-likeness (QED) is 0.226. The van der Waals surface area contributed by atoms with Crippen molar-refractivity contribution >= 4 is 11.9 Å². The predicted octanol–water partition coefficient (Wildman–Crippen LogP) is 6.18. The summed E-state index contributed by atoms with van der Waals surface area (Å²) in [6.45, 7) is -0.345. The molecule has 0 fully saturated rings. The first kappa shape index (κ1) is 25.6. The van der Waals surface area contributed by atoms with Crippen molar-refractivity contribution in [3.63, 3.8) is 0 Å². The first-order valence-corrected chi connectivity index (χ1v) is 10.8. The third-order valence-corrected chi connectivity index (χ3v) is 4.93. The third-order valence-electron chi connectivity index (χ3n) is 4.93. The summed E-state index contributed by atoms with van der Waals surface area (Å²) in [6, 6.07) is 16.9. The van der Waals surface area contributed by atoms with Crippen molar-refractivity contribution in [3.05, 3.63) is 83.4 Å². The van der Waals surface area contributed by atoms with Crippen molar-refractivity contribution in [2.75, 3.05) is 20.8 Å². The minimum absolute atomic E-state index is 0.0424. The Morgan fingerprint density at radius 2 is 1.54 bits per heavy atom. The molecule has 0 aliphatic heterocycles. The normalized spacial score (nSPS) is 10.9. The molecule has 0 aromatic heterocycles. The maximum atomic E-state index is 12.6. The molecule has 8 heteroatoms. The molecular weight excluding hydrogens is 458 g/mol. The molecule has 0 atom stereocenters. The number of hydrogen-bond acceptors (Lipinski definition) is 6. The highest BCUT2D eigenvalue weighted by Crippen LogP contribution is 2.31. The topological polar surface area (TPSA) is 63.2 Å². The van der Waals surface area contributed by atoms with Crippen LogP contribution < -0.4 is 23.7 Å². The Kier molecular flexibility index (Phi) is 9.06. The number of methoxy groups -OCH3 is 2. The largest absolute Gasteiger partial charge is 0.496 e. The van der Waals surface area contributed by atoms with Crippen molar-refractivity contribution in [3.8, 4) is 28.7 Å². The van der Waals surface area contributed by atoms with Gasteiger partial charge in [0.25, 0.3) is 0 Å². The van der Waals surface area contributed by atoms with E-state index in [0.29, 0.717) is 23.9 Å². The van der Waals surface area contributed by atoms with E-state index in [1.165, 1.54) is 31.4 Å². The number of para-hydroxylation sites is 2. The van der Waals surface area contributed by atoms with Crippen molar-refractivity contribution in [1.29, 1.82) is 0 Å². The monoisotopic (exact) mass is 484 g/mol. The summed E-state index contributed by atoms with van der Waals surface area (Å²) in [5.41, 5.74) is 1.80. The summed E-state index contributed by atoms with van der Waals surface area (Å²) < 4.78 is 51.5. The lowest BCUT2D eigenvalue weighted by molar-refractivity contribution is -0.0512. The Bertz CT molecular complexity index is 1180. The van der Waals surface area contributed by atoms with Gasteiger partial charge in [-0.1, -0.05) is 24.3 Å². The molecule has 0 amide bonds. The number of hydrogen-bond donors (Lipinski definition) is 0. The maximum Gasteiger partial charge on any atom is 0.387 e. The standard InChI is InChI=1S/C27H26F2O6/c1-4-33-23-7-5-6-8-24(23)34-17-20-15-18(10-13-22(20)31-2)9-12-21(30)19-11-14-25(35-27(28)29)26(16-19)32-3/h5-16,27H,4,17H2,1-3H3/b12-9+. The maximum absolute atomic E-state index is 12.6. The number of allylic oxidation sites excluding steroid dienone is 1. The first-order valence-electron chi connectivity index (χ1n) is 10.8. The van der Waals surface area contributed by atoms with Gasteiger partial charge >= 0.3 is 6.61 Å². The molecule has 0 N–H and O–H groups in total. The van der Waals surface area contributed by atoms with Gasteiger partial charge in [0.15, 0.2) is 28.8 Å². The van der Waals surface area contributed by atoms with Gasteiger partial charge in [-0.15, -0.1) is 0 Å².